The standard InChI is InChI=1S/C12H16O4/c1-2-3-8-16-12(15)10-7-5-4-6-9(10)11(13)14/h4-7,9-10H,2-3,8H2,1H3,(H,13,14). The Balaban J connectivity index is 2.56. The number of unbranched alkanes of at least 4 members (excludes halogenated alkanes) is 1. The minimum Gasteiger partial charge on any atom is -0.481 e. The topological polar surface area (TPSA) is 63.6 Å². The minimum atomic E-state index is -1.00. The lowest BCUT2D eigenvalue weighted by atomic mass is 9.88. The second kappa shape index (κ2) is 6.10. The third kappa shape index (κ3) is 3.22. The predicted octanol–water partition coefficient (Wildman–Crippen LogP) is 1.77. The molecule has 0 amide bonds. The first kappa shape index (κ1) is 12.5. The fourth-order valence-electron chi connectivity index (χ4n) is 1.48. The number of hydrogen-bond donors (Lipinski definition) is 1. The third-order valence-corrected chi connectivity index (χ3v) is 2.43. The zero-order valence-corrected chi connectivity index (χ0v) is 9.26. The van der Waals surface area contributed by atoms with Gasteiger partial charge < -0.3 is 9.84 Å². The lowest BCUT2D eigenvalue weighted by molar-refractivity contribution is -0.154. The molecule has 1 rings (SSSR count). The van der Waals surface area contributed by atoms with Crippen molar-refractivity contribution in [2.24, 2.45) is 11.8 Å². The van der Waals surface area contributed by atoms with Gasteiger partial charge in [-0.25, -0.2) is 0 Å². The Morgan fingerprint density at radius 1 is 1.25 bits per heavy atom. The zero-order valence-electron chi connectivity index (χ0n) is 9.26. The average Bonchev–Trinajstić information content (AvgIpc) is 2.29. The van der Waals surface area contributed by atoms with Crippen LogP contribution in [0, 0.1) is 11.8 Å². The fourth-order valence-corrected chi connectivity index (χ4v) is 1.48. The molecule has 0 heterocycles. The zero-order chi connectivity index (χ0) is 12.0. The quantitative estimate of drug-likeness (QED) is 0.571. The molecule has 0 saturated heterocycles. The van der Waals surface area contributed by atoms with Crippen molar-refractivity contribution in [3.05, 3.63) is 24.3 Å². The van der Waals surface area contributed by atoms with Crippen LogP contribution in [0.4, 0.5) is 0 Å². The Hall–Kier alpha value is -1.58. The van der Waals surface area contributed by atoms with E-state index in [0.717, 1.165) is 12.8 Å². The summed E-state index contributed by atoms with van der Waals surface area (Å²) in [4.78, 5) is 22.5. The van der Waals surface area contributed by atoms with Gasteiger partial charge in [0.15, 0.2) is 0 Å². The number of ether oxygens (including phenoxy) is 1. The molecule has 4 heteroatoms. The van der Waals surface area contributed by atoms with Crippen molar-refractivity contribution in [3.63, 3.8) is 0 Å². The molecule has 0 saturated carbocycles. The number of carboxylic acid groups (broad SMARTS) is 1. The van der Waals surface area contributed by atoms with Gasteiger partial charge in [-0.1, -0.05) is 37.6 Å². The summed E-state index contributed by atoms with van der Waals surface area (Å²) in [6.07, 6.45) is 8.13. The smallest absolute Gasteiger partial charge is 0.314 e. The monoisotopic (exact) mass is 224 g/mol. The number of hydrogen-bond acceptors (Lipinski definition) is 3. The van der Waals surface area contributed by atoms with Crippen LogP contribution in [-0.4, -0.2) is 23.7 Å². The van der Waals surface area contributed by atoms with Gasteiger partial charge in [0, 0.05) is 0 Å². The largest absolute Gasteiger partial charge is 0.481 e. The summed E-state index contributed by atoms with van der Waals surface area (Å²) in [5.74, 6) is -2.96. The first-order chi connectivity index (χ1) is 7.66. The molecule has 1 aliphatic carbocycles. The van der Waals surface area contributed by atoms with Crippen molar-refractivity contribution in [2.75, 3.05) is 6.61 Å². The second-order valence-corrected chi connectivity index (χ2v) is 3.68. The predicted molar refractivity (Wildman–Crippen MR) is 58.8 cm³/mol. The van der Waals surface area contributed by atoms with E-state index in [1.54, 1.807) is 18.2 Å². The molecule has 0 spiro atoms. The van der Waals surface area contributed by atoms with Crippen molar-refractivity contribution >= 4 is 11.9 Å². The van der Waals surface area contributed by atoms with E-state index in [4.69, 9.17) is 9.84 Å². The Morgan fingerprint density at radius 3 is 2.44 bits per heavy atom. The number of carboxylic acids is 1. The molecule has 0 aromatic heterocycles. The number of rotatable bonds is 5. The van der Waals surface area contributed by atoms with E-state index in [1.165, 1.54) is 6.08 Å². The van der Waals surface area contributed by atoms with E-state index < -0.39 is 23.8 Å². The van der Waals surface area contributed by atoms with Crippen molar-refractivity contribution in [3.8, 4) is 0 Å². The number of carbonyl (C=O) groups is 2. The van der Waals surface area contributed by atoms with Gasteiger partial charge in [0.25, 0.3) is 0 Å². The normalized spacial score (nSPS) is 23.1. The summed E-state index contributed by atoms with van der Waals surface area (Å²) in [7, 11) is 0. The maximum absolute atomic E-state index is 11.6. The van der Waals surface area contributed by atoms with E-state index in [0.29, 0.717) is 6.61 Å². The molecule has 1 aliphatic rings. The molecule has 4 nitrogen and oxygen atoms in total. The molecule has 0 radical (unpaired) electrons. The van der Waals surface area contributed by atoms with Gasteiger partial charge in [-0.3, -0.25) is 9.59 Å². The lowest BCUT2D eigenvalue weighted by Gasteiger charge is -2.18. The summed E-state index contributed by atoms with van der Waals surface area (Å²) < 4.78 is 5.01. The minimum absolute atomic E-state index is 0.357. The van der Waals surface area contributed by atoms with E-state index in [-0.39, 0.29) is 0 Å². The Kier molecular flexibility index (Phi) is 4.76. The van der Waals surface area contributed by atoms with Crippen LogP contribution in [0.1, 0.15) is 19.8 Å². The maximum Gasteiger partial charge on any atom is 0.314 e. The number of carbonyl (C=O) groups excluding carboxylic acids is 1. The van der Waals surface area contributed by atoms with Crippen LogP contribution in [0.2, 0.25) is 0 Å². The Labute approximate surface area is 94.6 Å². The van der Waals surface area contributed by atoms with Crippen molar-refractivity contribution < 1.29 is 19.4 Å². The molecule has 0 fully saturated rings. The summed E-state index contributed by atoms with van der Waals surface area (Å²) in [6, 6.07) is 0. The third-order valence-electron chi connectivity index (χ3n) is 2.43. The number of esters is 1. The molecular weight excluding hydrogens is 208 g/mol. The molecular formula is C12H16O4. The summed E-state index contributed by atoms with van der Waals surface area (Å²) in [5, 5.41) is 8.94. The molecule has 88 valence electrons. The van der Waals surface area contributed by atoms with Crippen LogP contribution < -0.4 is 0 Å². The molecule has 16 heavy (non-hydrogen) atoms. The van der Waals surface area contributed by atoms with Gasteiger partial charge in [-0.2, -0.15) is 0 Å². The lowest BCUT2D eigenvalue weighted by Crippen LogP contribution is -2.29. The highest BCUT2D eigenvalue weighted by Crippen LogP contribution is 2.21. The Morgan fingerprint density at radius 2 is 1.88 bits per heavy atom. The van der Waals surface area contributed by atoms with Crippen LogP contribution >= 0.6 is 0 Å². The van der Waals surface area contributed by atoms with Gasteiger partial charge in [-0.15, -0.1) is 0 Å². The highest BCUT2D eigenvalue weighted by Gasteiger charge is 2.32. The first-order valence-electron chi connectivity index (χ1n) is 5.41. The fraction of sp³-hybridized carbons (Fsp3) is 0.500. The van der Waals surface area contributed by atoms with Crippen molar-refractivity contribution in [1.29, 1.82) is 0 Å². The van der Waals surface area contributed by atoms with E-state index in [9.17, 15) is 9.59 Å². The highest BCUT2D eigenvalue weighted by molar-refractivity contribution is 5.84. The molecule has 0 aromatic carbocycles. The van der Waals surface area contributed by atoms with Crippen LogP contribution in [0.15, 0.2) is 24.3 Å². The summed E-state index contributed by atoms with van der Waals surface area (Å²) in [6.45, 7) is 2.35. The van der Waals surface area contributed by atoms with Gasteiger partial charge in [-0.05, 0) is 6.42 Å². The first-order valence-corrected chi connectivity index (χ1v) is 5.41. The molecule has 1 N–H and O–H groups in total. The molecule has 0 bridgehead atoms. The summed E-state index contributed by atoms with van der Waals surface area (Å²) >= 11 is 0. The average molecular weight is 224 g/mol. The molecule has 0 aromatic rings. The van der Waals surface area contributed by atoms with Gasteiger partial charge in [0.05, 0.1) is 18.4 Å². The van der Waals surface area contributed by atoms with E-state index in [1.807, 2.05) is 6.92 Å². The maximum atomic E-state index is 11.6. The highest BCUT2D eigenvalue weighted by atomic mass is 16.5. The van der Waals surface area contributed by atoms with Crippen LogP contribution in [0.25, 0.3) is 0 Å². The number of allylic oxidation sites excluding steroid dienone is 2. The van der Waals surface area contributed by atoms with Crippen LogP contribution in [0.5, 0.6) is 0 Å². The van der Waals surface area contributed by atoms with Crippen LogP contribution in [0.3, 0.4) is 0 Å². The molecule has 2 atom stereocenters. The van der Waals surface area contributed by atoms with Gasteiger partial charge in [0.2, 0.25) is 0 Å². The second-order valence-electron chi connectivity index (χ2n) is 3.68. The van der Waals surface area contributed by atoms with Crippen LogP contribution in [-0.2, 0) is 14.3 Å². The van der Waals surface area contributed by atoms with Gasteiger partial charge >= 0.3 is 11.9 Å². The van der Waals surface area contributed by atoms with Gasteiger partial charge in [0.1, 0.15) is 0 Å². The van der Waals surface area contributed by atoms with E-state index in [2.05, 4.69) is 0 Å². The van der Waals surface area contributed by atoms with Crippen molar-refractivity contribution in [1.82, 2.24) is 0 Å². The molecule has 2 unspecified atom stereocenters. The molecule has 0 aliphatic heterocycles. The Bertz CT molecular complexity index is 317. The van der Waals surface area contributed by atoms with Crippen molar-refractivity contribution in [2.45, 2.75) is 19.8 Å². The van der Waals surface area contributed by atoms with E-state index >= 15 is 0 Å². The summed E-state index contributed by atoms with van der Waals surface area (Å²) in [5.41, 5.74) is 0. The number of aliphatic carboxylic acids is 1. The SMILES string of the molecule is CCCCOC(=O)C1C=CC=CC1C(=O)O.